The molecule has 2 atom stereocenters. The van der Waals surface area contributed by atoms with Crippen LogP contribution in [0.2, 0.25) is 0 Å². The smallest absolute Gasteiger partial charge is 0.322 e. The van der Waals surface area contributed by atoms with Gasteiger partial charge in [-0.2, -0.15) is 0 Å². The van der Waals surface area contributed by atoms with E-state index in [2.05, 4.69) is 34.6 Å². The number of ether oxygens (including phenoxy) is 3. The molecule has 0 radical (unpaired) electrons. The third-order valence-electron chi connectivity index (χ3n) is 3.84. The molecule has 2 aromatic heterocycles. The summed E-state index contributed by atoms with van der Waals surface area (Å²) in [5, 5.41) is 5.20. The van der Waals surface area contributed by atoms with E-state index in [0.717, 1.165) is 0 Å². The van der Waals surface area contributed by atoms with Crippen LogP contribution in [0.25, 0.3) is 11.2 Å². The van der Waals surface area contributed by atoms with Gasteiger partial charge >= 0.3 is 11.9 Å². The molecule has 2 unspecified atom stereocenters. The zero-order valence-electron chi connectivity index (χ0n) is 16.3. The van der Waals surface area contributed by atoms with Gasteiger partial charge in [0.1, 0.15) is 30.8 Å². The molecule has 0 aliphatic rings. The number of aromatic nitrogens is 4. The van der Waals surface area contributed by atoms with Crippen LogP contribution in [0.3, 0.4) is 0 Å². The number of nitrogen functional groups attached to an aromatic ring is 1. The average molecular weight is 429 g/mol. The van der Waals surface area contributed by atoms with Gasteiger partial charge in [-0.3, -0.25) is 14.2 Å². The van der Waals surface area contributed by atoms with E-state index in [1.165, 1.54) is 27.5 Å². The van der Waals surface area contributed by atoms with Crippen LogP contribution in [-0.2, 0) is 34.9 Å². The van der Waals surface area contributed by atoms with Crippen molar-refractivity contribution in [2.75, 3.05) is 39.5 Å². The first kappa shape index (κ1) is 22.7. The van der Waals surface area contributed by atoms with E-state index in [1.54, 1.807) is 10.9 Å². The Bertz CT molecular complexity index is 904. The highest BCUT2D eigenvalue weighted by Gasteiger charge is 2.28. The predicted molar refractivity (Wildman–Crippen MR) is 103 cm³/mol. The first-order chi connectivity index (χ1) is 13.8. The summed E-state index contributed by atoms with van der Waals surface area (Å²) < 4.78 is 29.4. The van der Waals surface area contributed by atoms with Crippen LogP contribution in [0.1, 0.15) is 6.92 Å². The van der Waals surface area contributed by atoms with Gasteiger partial charge in [0.25, 0.3) is 0 Å². The fourth-order valence-electron chi connectivity index (χ4n) is 2.35. The molecule has 0 amide bonds. The number of nitrogens with two attached hydrogens (primary N) is 1. The molecule has 0 spiro atoms. The van der Waals surface area contributed by atoms with E-state index < -0.39 is 25.4 Å². The number of carbonyl (C=O) groups excluding carboxylic acids is 2. The minimum Gasteiger partial charge on any atom is -0.468 e. The minimum absolute atomic E-state index is 0.160. The Hall–Kier alpha value is -2.60. The number of anilines is 1. The van der Waals surface area contributed by atoms with Gasteiger partial charge in [-0.05, 0) is 6.92 Å². The number of rotatable bonds is 11. The second-order valence-corrected chi connectivity index (χ2v) is 8.24. The molecular weight excluding hydrogens is 405 g/mol. The van der Waals surface area contributed by atoms with Crippen molar-refractivity contribution < 1.29 is 28.4 Å². The number of imidazole rings is 1. The maximum atomic E-state index is 13.1. The number of fused-ring (bicyclic) bond motifs is 1. The lowest BCUT2D eigenvalue weighted by Crippen LogP contribution is -2.39. The van der Waals surface area contributed by atoms with Gasteiger partial charge in [0.15, 0.2) is 11.5 Å². The van der Waals surface area contributed by atoms with E-state index >= 15 is 0 Å². The first-order valence-electron chi connectivity index (χ1n) is 8.55. The topological polar surface area (TPSA) is 173 Å². The molecular formula is C15H24N7O6P. The lowest BCUT2D eigenvalue weighted by Gasteiger charge is -2.23. The van der Waals surface area contributed by atoms with Gasteiger partial charge in [0, 0.05) is 6.54 Å². The highest BCUT2D eigenvalue weighted by Crippen LogP contribution is 2.36. The Morgan fingerprint density at radius 2 is 2.03 bits per heavy atom. The number of esters is 2. The van der Waals surface area contributed by atoms with Crippen molar-refractivity contribution in [2.45, 2.75) is 19.5 Å². The molecule has 0 aliphatic heterocycles. The quantitative estimate of drug-likeness (QED) is 0.237. The molecule has 0 fully saturated rings. The van der Waals surface area contributed by atoms with Crippen molar-refractivity contribution in [1.29, 1.82) is 0 Å². The summed E-state index contributed by atoms with van der Waals surface area (Å²) in [4.78, 5) is 35.1. The van der Waals surface area contributed by atoms with Crippen LogP contribution in [0.4, 0.5) is 5.82 Å². The number of hydrogen-bond acceptors (Lipinski definition) is 10. The van der Waals surface area contributed by atoms with Crippen LogP contribution in [-0.4, -0.2) is 71.2 Å². The van der Waals surface area contributed by atoms with Crippen molar-refractivity contribution in [3.8, 4) is 0 Å². The zero-order chi connectivity index (χ0) is 21.4. The Morgan fingerprint density at radius 3 is 2.72 bits per heavy atom. The van der Waals surface area contributed by atoms with Crippen LogP contribution in [0, 0.1) is 0 Å². The van der Waals surface area contributed by atoms with Crippen LogP contribution in [0.5, 0.6) is 0 Å². The second-order valence-electron chi connectivity index (χ2n) is 5.93. The monoisotopic (exact) mass is 429 g/mol. The number of nitrogens with one attached hydrogen (secondary N) is 2. The number of methoxy groups -OCH3 is 2. The molecule has 2 aromatic rings. The van der Waals surface area contributed by atoms with E-state index in [-0.39, 0.29) is 25.3 Å². The van der Waals surface area contributed by atoms with Crippen molar-refractivity contribution in [3.05, 3.63) is 12.7 Å². The molecule has 13 nitrogen and oxygen atoms in total. The molecule has 0 saturated heterocycles. The van der Waals surface area contributed by atoms with Gasteiger partial charge in [-0.25, -0.2) is 25.1 Å². The standard InChI is InChI=1S/C15H24N7O6P/c1-10(15(24)27-3)21-29(25,20-6-11(23)26-2)9-28-5-4-22-8-19-12-13(16)17-7-18-14(12)22/h7-8,10H,4-6,9H2,1-3H3,(H2,16,17,18)(H2,20,21,25). The zero-order valence-corrected chi connectivity index (χ0v) is 17.2. The van der Waals surface area contributed by atoms with E-state index in [9.17, 15) is 14.2 Å². The first-order valence-corrected chi connectivity index (χ1v) is 10.4. The van der Waals surface area contributed by atoms with Gasteiger partial charge in [0.05, 0.1) is 27.2 Å². The molecule has 2 rings (SSSR count). The Balaban J connectivity index is 1.96. The summed E-state index contributed by atoms with van der Waals surface area (Å²) in [5.41, 5.74) is 6.77. The van der Waals surface area contributed by atoms with E-state index in [4.69, 9.17) is 10.5 Å². The highest BCUT2D eigenvalue weighted by molar-refractivity contribution is 7.59. The number of nitrogens with zero attached hydrogens (tertiary/aromatic N) is 4. The fourth-order valence-corrected chi connectivity index (χ4v) is 4.11. The summed E-state index contributed by atoms with van der Waals surface area (Å²) in [5.74, 6) is -0.945. The third kappa shape index (κ3) is 6.19. The predicted octanol–water partition coefficient (Wildman–Crippen LogP) is -0.511. The maximum absolute atomic E-state index is 13.1. The lowest BCUT2D eigenvalue weighted by molar-refractivity contribution is -0.142. The highest BCUT2D eigenvalue weighted by atomic mass is 31.2. The molecule has 0 saturated carbocycles. The molecule has 2 heterocycles. The Morgan fingerprint density at radius 1 is 1.28 bits per heavy atom. The van der Waals surface area contributed by atoms with Crippen LogP contribution in [0.15, 0.2) is 12.7 Å². The summed E-state index contributed by atoms with van der Waals surface area (Å²) in [6.45, 7) is 1.69. The largest absolute Gasteiger partial charge is 0.468 e. The fraction of sp³-hybridized carbons (Fsp3) is 0.533. The van der Waals surface area contributed by atoms with Crippen LogP contribution < -0.4 is 15.9 Å². The Kier molecular flexibility index (Phi) is 8.02. The third-order valence-corrected chi connectivity index (χ3v) is 5.86. The maximum Gasteiger partial charge on any atom is 0.322 e. The molecule has 0 aromatic carbocycles. The lowest BCUT2D eigenvalue weighted by atomic mass is 10.4. The summed E-state index contributed by atoms with van der Waals surface area (Å²) in [6, 6.07) is -0.878. The summed E-state index contributed by atoms with van der Waals surface area (Å²) in [6.07, 6.45) is 2.60. The van der Waals surface area contributed by atoms with Gasteiger partial charge in [-0.1, -0.05) is 0 Å². The van der Waals surface area contributed by atoms with Gasteiger partial charge in [-0.15, -0.1) is 0 Å². The number of hydrogen-bond donors (Lipinski definition) is 3. The number of carbonyl (C=O) groups is 2. The normalized spacial score (nSPS) is 14.3. The average Bonchev–Trinajstić information content (AvgIpc) is 3.13. The summed E-state index contributed by atoms with van der Waals surface area (Å²) in [7, 11) is -1.04. The Labute approximate surface area is 166 Å². The molecule has 29 heavy (non-hydrogen) atoms. The van der Waals surface area contributed by atoms with Crippen LogP contribution >= 0.6 is 7.44 Å². The molecule has 4 N–H and O–H groups in total. The van der Waals surface area contributed by atoms with Crippen molar-refractivity contribution >= 4 is 36.4 Å². The van der Waals surface area contributed by atoms with Crippen molar-refractivity contribution in [3.63, 3.8) is 0 Å². The molecule has 0 bridgehead atoms. The van der Waals surface area contributed by atoms with Crippen molar-refractivity contribution in [2.24, 2.45) is 0 Å². The SMILES string of the molecule is COC(=O)CNP(=O)(COCCn1cnc2c(N)ncnc21)NC(C)C(=O)OC. The van der Waals surface area contributed by atoms with E-state index in [0.29, 0.717) is 17.7 Å². The molecule has 14 heteroatoms. The second kappa shape index (κ2) is 10.3. The molecule has 0 aliphatic carbocycles. The van der Waals surface area contributed by atoms with Crippen molar-refractivity contribution in [1.82, 2.24) is 29.7 Å². The molecule has 160 valence electrons. The van der Waals surface area contributed by atoms with Gasteiger partial charge < -0.3 is 24.5 Å². The van der Waals surface area contributed by atoms with Gasteiger partial charge in [0.2, 0.25) is 7.44 Å². The van der Waals surface area contributed by atoms with E-state index in [1.807, 2.05) is 0 Å². The summed E-state index contributed by atoms with van der Waals surface area (Å²) >= 11 is 0. The minimum atomic E-state index is -3.47.